The van der Waals surface area contributed by atoms with Gasteiger partial charge in [-0.2, -0.15) is 0 Å². The molecule has 0 fully saturated rings. The highest BCUT2D eigenvalue weighted by Gasteiger charge is 2.23. The van der Waals surface area contributed by atoms with E-state index in [9.17, 15) is 9.18 Å². The summed E-state index contributed by atoms with van der Waals surface area (Å²) in [4.78, 5) is 11.8. The molecule has 2 amide bonds. The second kappa shape index (κ2) is 7.59. The first kappa shape index (κ1) is 16.9. The average Bonchev–Trinajstić information content (AvgIpc) is 2.35. The Morgan fingerprint density at radius 3 is 2.70 bits per heavy atom. The maximum absolute atomic E-state index is 13.2. The Labute approximate surface area is 126 Å². The van der Waals surface area contributed by atoms with E-state index in [1.54, 1.807) is 6.07 Å². The Kier molecular flexibility index (Phi) is 6.42. The first-order valence-corrected chi connectivity index (χ1v) is 7.29. The van der Waals surface area contributed by atoms with E-state index in [2.05, 4.69) is 26.6 Å². The zero-order valence-corrected chi connectivity index (χ0v) is 13.3. The first-order valence-electron chi connectivity index (χ1n) is 6.50. The van der Waals surface area contributed by atoms with Crippen LogP contribution in [0.15, 0.2) is 22.7 Å². The van der Waals surface area contributed by atoms with Crippen LogP contribution in [0, 0.1) is 5.82 Å². The van der Waals surface area contributed by atoms with E-state index in [4.69, 9.17) is 5.11 Å². The summed E-state index contributed by atoms with van der Waals surface area (Å²) in [6.45, 7) is 4.07. The zero-order chi connectivity index (χ0) is 15.2. The molecule has 0 radical (unpaired) electrons. The average molecular weight is 347 g/mol. The molecule has 1 aromatic rings. The molecule has 4 nitrogen and oxygen atoms in total. The Morgan fingerprint density at radius 2 is 2.15 bits per heavy atom. The highest BCUT2D eigenvalue weighted by atomic mass is 79.9. The van der Waals surface area contributed by atoms with Gasteiger partial charge in [-0.15, -0.1) is 0 Å². The molecule has 0 aliphatic heterocycles. The van der Waals surface area contributed by atoms with Crippen molar-refractivity contribution in [3.63, 3.8) is 0 Å². The van der Waals surface area contributed by atoms with Crippen LogP contribution in [0.1, 0.15) is 32.3 Å². The lowest BCUT2D eigenvalue weighted by atomic mass is 9.95. The predicted octanol–water partition coefficient (Wildman–Crippen LogP) is 2.94. The lowest BCUT2D eigenvalue weighted by molar-refractivity contribution is 0.200. The molecule has 112 valence electrons. The molecular weight excluding hydrogens is 327 g/mol. The van der Waals surface area contributed by atoms with Crippen LogP contribution in [-0.2, 0) is 6.54 Å². The Hall–Kier alpha value is -1.14. The molecule has 1 aromatic carbocycles. The number of carbonyl (C=O) groups is 1. The normalized spacial score (nSPS) is 13.7. The Balaban J connectivity index is 2.54. The fourth-order valence-corrected chi connectivity index (χ4v) is 2.30. The van der Waals surface area contributed by atoms with Gasteiger partial charge in [-0.25, -0.2) is 9.18 Å². The third-order valence-corrected chi connectivity index (χ3v) is 3.69. The van der Waals surface area contributed by atoms with Crippen molar-refractivity contribution in [2.24, 2.45) is 0 Å². The van der Waals surface area contributed by atoms with E-state index in [1.165, 1.54) is 12.1 Å². The largest absolute Gasteiger partial charge is 0.396 e. The molecule has 0 bridgehead atoms. The van der Waals surface area contributed by atoms with Gasteiger partial charge in [-0.05, 0) is 43.5 Å². The van der Waals surface area contributed by atoms with Crippen LogP contribution in [0.2, 0.25) is 0 Å². The molecule has 1 atom stereocenters. The third-order valence-electron chi connectivity index (χ3n) is 3.23. The molecule has 0 saturated carbocycles. The van der Waals surface area contributed by atoms with Crippen LogP contribution in [-0.4, -0.2) is 23.3 Å². The number of amides is 2. The van der Waals surface area contributed by atoms with Crippen molar-refractivity contribution in [2.45, 2.75) is 38.8 Å². The monoisotopic (exact) mass is 346 g/mol. The van der Waals surface area contributed by atoms with Gasteiger partial charge in [-0.3, -0.25) is 0 Å². The topological polar surface area (TPSA) is 61.4 Å². The number of hydrogen-bond acceptors (Lipinski definition) is 2. The summed E-state index contributed by atoms with van der Waals surface area (Å²) >= 11 is 3.20. The van der Waals surface area contributed by atoms with E-state index in [0.717, 1.165) is 0 Å². The summed E-state index contributed by atoms with van der Waals surface area (Å²) in [6.07, 6.45) is 1.20. The molecule has 0 saturated heterocycles. The number of carbonyl (C=O) groups excluding carboxylic acids is 1. The van der Waals surface area contributed by atoms with Gasteiger partial charge in [-0.1, -0.05) is 22.9 Å². The molecule has 0 aliphatic rings. The number of aliphatic hydroxyl groups is 1. The minimum Gasteiger partial charge on any atom is -0.396 e. The second-order valence-electron chi connectivity index (χ2n) is 4.97. The van der Waals surface area contributed by atoms with Crippen molar-refractivity contribution in [2.75, 3.05) is 6.61 Å². The highest BCUT2D eigenvalue weighted by molar-refractivity contribution is 9.10. The van der Waals surface area contributed by atoms with Gasteiger partial charge in [0, 0.05) is 23.2 Å². The van der Waals surface area contributed by atoms with Gasteiger partial charge in [0.2, 0.25) is 0 Å². The van der Waals surface area contributed by atoms with E-state index in [0.29, 0.717) is 22.9 Å². The minimum absolute atomic E-state index is 0.0153. The van der Waals surface area contributed by atoms with Gasteiger partial charge >= 0.3 is 6.03 Å². The number of halogens is 2. The first-order chi connectivity index (χ1) is 9.38. The van der Waals surface area contributed by atoms with Crippen LogP contribution < -0.4 is 10.6 Å². The number of hydrogen-bond donors (Lipinski definition) is 3. The minimum atomic E-state index is -0.443. The van der Waals surface area contributed by atoms with Crippen LogP contribution >= 0.6 is 15.9 Å². The third kappa shape index (κ3) is 5.46. The van der Waals surface area contributed by atoms with E-state index in [-0.39, 0.29) is 25.0 Å². The number of aliphatic hydroxyl groups excluding tert-OH is 1. The van der Waals surface area contributed by atoms with Gasteiger partial charge in [0.1, 0.15) is 5.82 Å². The standard InChI is InChI=1S/C14H20BrFN2O2/c1-3-14(2,4-5-19)18-13(20)17-9-10-6-11(15)8-12(16)7-10/h6-8,19H,3-5,9H2,1-2H3,(H2,17,18,20). The van der Waals surface area contributed by atoms with E-state index < -0.39 is 5.54 Å². The maximum atomic E-state index is 13.2. The summed E-state index contributed by atoms with van der Waals surface area (Å²) in [7, 11) is 0. The van der Waals surface area contributed by atoms with Crippen LogP contribution in [0.5, 0.6) is 0 Å². The molecule has 0 aliphatic carbocycles. The summed E-state index contributed by atoms with van der Waals surface area (Å²) in [5.41, 5.74) is 0.230. The van der Waals surface area contributed by atoms with Crippen molar-refractivity contribution in [3.8, 4) is 0 Å². The summed E-state index contributed by atoms with van der Waals surface area (Å²) in [6, 6.07) is 4.15. The maximum Gasteiger partial charge on any atom is 0.315 e. The zero-order valence-electron chi connectivity index (χ0n) is 11.7. The fraction of sp³-hybridized carbons (Fsp3) is 0.500. The van der Waals surface area contributed by atoms with Crippen LogP contribution in [0.25, 0.3) is 0 Å². The number of nitrogens with one attached hydrogen (secondary N) is 2. The Bertz CT molecular complexity index is 450. The number of urea groups is 1. The molecule has 1 rings (SSSR count). The molecule has 0 aromatic heterocycles. The fourth-order valence-electron chi connectivity index (χ4n) is 1.79. The quantitative estimate of drug-likeness (QED) is 0.741. The van der Waals surface area contributed by atoms with Crippen molar-refractivity contribution in [1.82, 2.24) is 10.6 Å². The van der Waals surface area contributed by atoms with Crippen LogP contribution in [0.4, 0.5) is 9.18 Å². The molecule has 1 unspecified atom stereocenters. The molecule has 0 heterocycles. The lowest BCUT2D eigenvalue weighted by Crippen LogP contribution is -2.50. The smallest absolute Gasteiger partial charge is 0.315 e. The molecule has 6 heteroatoms. The highest BCUT2D eigenvalue weighted by Crippen LogP contribution is 2.15. The SMILES string of the molecule is CCC(C)(CCO)NC(=O)NCc1cc(F)cc(Br)c1. The van der Waals surface area contributed by atoms with Crippen molar-refractivity contribution < 1.29 is 14.3 Å². The van der Waals surface area contributed by atoms with Gasteiger partial charge < -0.3 is 15.7 Å². The van der Waals surface area contributed by atoms with Crippen molar-refractivity contribution >= 4 is 22.0 Å². The number of rotatable bonds is 6. The van der Waals surface area contributed by atoms with Crippen LogP contribution in [0.3, 0.4) is 0 Å². The van der Waals surface area contributed by atoms with E-state index >= 15 is 0 Å². The van der Waals surface area contributed by atoms with Gasteiger partial charge in [0.25, 0.3) is 0 Å². The predicted molar refractivity (Wildman–Crippen MR) is 79.9 cm³/mol. The summed E-state index contributed by atoms with van der Waals surface area (Å²) in [5, 5.41) is 14.5. The van der Waals surface area contributed by atoms with E-state index in [1.807, 2.05) is 13.8 Å². The van der Waals surface area contributed by atoms with Crippen molar-refractivity contribution in [1.29, 1.82) is 0 Å². The molecule has 3 N–H and O–H groups in total. The van der Waals surface area contributed by atoms with Gasteiger partial charge in [0.15, 0.2) is 0 Å². The second-order valence-corrected chi connectivity index (χ2v) is 5.89. The molecule has 20 heavy (non-hydrogen) atoms. The number of benzene rings is 1. The lowest BCUT2D eigenvalue weighted by Gasteiger charge is -2.29. The summed E-state index contributed by atoms with van der Waals surface area (Å²) < 4.78 is 13.8. The van der Waals surface area contributed by atoms with Gasteiger partial charge in [0.05, 0.1) is 0 Å². The molecule has 0 spiro atoms. The van der Waals surface area contributed by atoms with Crippen molar-refractivity contribution in [3.05, 3.63) is 34.1 Å². The molecular formula is C14H20BrFN2O2. The Morgan fingerprint density at radius 1 is 1.45 bits per heavy atom. The summed E-state index contributed by atoms with van der Waals surface area (Å²) in [5.74, 6) is -0.352.